The number of hydrogen-bond donors (Lipinski definition) is 0. The first-order valence-corrected chi connectivity index (χ1v) is 3.78. The van der Waals surface area contributed by atoms with Gasteiger partial charge in [-0.25, -0.2) is 0 Å². The van der Waals surface area contributed by atoms with Gasteiger partial charge < -0.3 is 4.74 Å². The fourth-order valence-electron chi connectivity index (χ4n) is 1.36. The molecule has 0 saturated heterocycles. The second-order valence-electron chi connectivity index (χ2n) is 2.85. The van der Waals surface area contributed by atoms with Crippen LogP contribution in [-0.4, -0.2) is 12.3 Å². The lowest BCUT2D eigenvalue weighted by Gasteiger charge is -2.10. The molecular weight excluding hydrogens is 173 g/mol. The second kappa shape index (κ2) is 3.33. The molecule has 70 valence electrons. The lowest BCUT2D eigenvalue weighted by molar-refractivity contribution is -0.307. The average molecular weight is 182 g/mol. The van der Waals surface area contributed by atoms with E-state index in [4.69, 9.17) is 0 Å². The number of halogens is 3. The van der Waals surface area contributed by atoms with Crippen molar-refractivity contribution in [2.45, 2.75) is 32.0 Å². The van der Waals surface area contributed by atoms with E-state index in [1.54, 1.807) is 0 Å². The van der Waals surface area contributed by atoms with Gasteiger partial charge in [-0.15, -0.1) is 13.2 Å². The Labute approximate surface area is 67.7 Å². The van der Waals surface area contributed by atoms with Gasteiger partial charge in [0.15, 0.2) is 0 Å². The summed E-state index contributed by atoms with van der Waals surface area (Å²) in [7, 11) is 0. The van der Waals surface area contributed by atoms with E-state index < -0.39 is 18.2 Å². The van der Waals surface area contributed by atoms with E-state index in [1.807, 2.05) is 0 Å². The molecule has 0 atom stereocenters. The molecule has 5 heteroatoms. The Morgan fingerprint density at radius 1 is 1.25 bits per heavy atom. The third kappa shape index (κ3) is 2.71. The lowest BCUT2D eigenvalue weighted by Crippen LogP contribution is -2.24. The molecular formula is C7H9F3O2. The van der Waals surface area contributed by atoms with Crippen LogP contribution in [0.15, 0.2) is 0 Å². The predicted octanol–water partition coefficient (Wildman–Crippen LogP) is 2.24. The zero-order valence-electron chi connectivity index (χ0n) is 6.36. The number of ether oxygens (including phenoxy) is 1. The average Bonchev–Trinajstić information content (AvgIpc) is 2.32. The molecule has 1 aliphatic carbocycles. The summed E-state index contributed by atoms with van der Waals surface area (Å²) in [6, 6.07) is 0. The van der Waals surface area contributed by atoms with Gasteiger partial charge in [-0.3, -0.25) is 4.79 Å². The second-order valence-corrected chi connectivity index (χ2v) is 2.85. The number of hydrogen-bond acceptors (Lipinski definition) is 2. The van der Waals surface area contributed by atoms with Crippen LogP contribution in [0.4, 0.5) is 13.2 Å². The van der Waals surface area contributed by atoms with Crippen molar-refractivity contribution in [1.29, 1.82) is 0 Å². The summed E-state index contributed by atoms with van der Waals surface area (Å²) in [5.74, 6) is -1.66. The monoisotopic (exact) mass is 182 g/mol. The van der Waals surface area contributed by atoms with Crippen LogP contribution in [-0.2, 0) is 9.53 Å². The Balaban J connectivity index is 2.37. The molecule has 0 N–H and O–H groups in total. The van der Waals surface area contributed by atoms with Crippen molar-refractivity contribution in [2.24, 2.45) is 5.92 Å². The number of alkyl halides is 3. The first kappa shape index (κ1) is 9.35. The largest absolute Gasteiger partial charge is 0.575 e. The van der Waals surface area contributed by atoms with E-state index in [1.165, 1.54) is 0 Å². The van der Waals surface area contributed by atoms with Crippen molar-refractivity contribution in [3.63, 3.8) is 0 Å². The lowest BCUT2D eigenvalue weighted by atomic mass is 10.1. The third-order valence-corrected chi connectivity index (χ3v) is 1.90. The highest BCUT2D eigenvalue weighted by molar-refractivity contribution is 5.72. The first-order chi connectivity index (χ1) is 5.49. The maximum atomic E-state index is 11.5. The number of carbonyl (C=O) groups is 1. The van der Waals surface area contributed by atoms with Crippen LogP contribution in [0.3, 0.4) is 0 Å². The maximum Gasteiger partial charge on any atom is 0.575 e. The van der Waals surface area contributed by atoms with Crippen molar-refractivity contribution in [3.8, 4) is 0 Å². The fourth-order valence-corrected chi connectivity index (χ4v) is 1.36. The summed E-state index contributed by atoms with van der Waals surface area (Å²) in [5.41, 5.74) is 0. The third-order valence-electron chi connectivity index (χ3n) is 1.90. The Hall–Kier alpha value is -0.740. The molecule has 0 radical (unpaired) electrons. The van der Waals surface area contributed by atoms with E-state index in [9.17, 15) is 18.0 Å². The zero-order valence-corrected chi connectivity index (χ0v) is 6.36. The number of rotatable bonds is 1. The predicted molar refractivity (Wildman–Crippen MR) is 34.1 cm³/mol. The molecule has 0 aromatic carbocycles. The molecule has 1 fully saturated rings. The molecule has 1 aliphatic rings. The minimum atomic E-state index is -4.82. The summed E-state index contributed by atoms with van der Waals surface area (Å²) in [6.07, 6.45) is -2.14. The molecule has 0 heterocycles. The van der Waals surface area contributed by atoms with Crippen molar-refractivity contribution in [3.05, 3.63) is 0 Å². The normalized spacial score (nSPS) is 19.6. The summed E-state index contributed by atoms with van der Waals surface area (Å²) >= 11 is 0. The van der Waals surface area contributed by atoms with Gasteiger partial charge in [0.2, 0.25) is 0 Å². The Morgan fingerprint density at radius 2 is 1.75 bits per heavy atom. The molecule has 0 aromatic rings. The Kier molecular flexibility index (Phi) is 2.59. The van der Waals surface area contributed by atoms with E-state index in [0.29, 0.717) is 12.8 Å². The van der Waals surface area contributed by atoms with Crippen LogP contribution in [0.25, 0.3) is 0 Å². The van der Waals surface area contributed by atoms with Crippen LogP contribution in [0.5, 0.6) is 0 Å². The van der Waals surface area contributed by atoms with Crippen molar-refractivity contribution < 1.29 is 22.7 Å². The molecule has 0 unspecified atom stereocenters. The van der Waals surface area contributed by atoms with Crippen LogP contribution >= 0.6 is 0 Å². The molecule has 0 aliphatic heterocycles. The fraction of sp³-hybridized carbons (Fsp3) is 0.857. The quantitative estimate of drug-likeness (QED) is 0.581. The molecule has 0 aromatic heterocycles. The Bertz CT molecular complexity index is 170. The molecule has 0 bridgehead atoms. The van der Waals surface area contributed by atoms with Gasteiger partial charge in [0.25, 0.3) is 0 Å². The Morgan fingerprint density at radius 3 is 2.17 bits per heavy atom. The van der Waals surface area contributed by atoms with Gasteiger partial charge in [0.05, 0.1) is 5.92 Å². The maximum absolute atomic E-state index is 11.5. The van der Waals surface area contributed by atoms with Crippen LogP contribution < -0.4 is 0 Å². The van der Waals surface area contributed by atoms with Crippen molar-refractivity contribution >= 4 is 5.97 Å². The molecule has 12 heavy (non-hydrogen) atoms. The van der Waals surface area contributed by atoms with Crippen LogP contribution in [0.1, 0.15) is 25.7 Å². The number of esters is 1. The van der Waals surface area contributed by atoms with Crippen LogP contribution in [0, 0.1) is 5.92 Å². The molecule has 0 spiro atoms. The summed E-state index contributed by atoms with van der Waals surface area (Å²) < 4.78 is 37.8. The van der Waals surface area contributed by atoms with Gasteiger partial charge in [0, 0.05) is 0 Å². The highest BCUT2D eigenvalue weighted by Crippen LogP contribution is 2.28. The van der Waals surface area contributed by atoms with Crippen molar-refractivity contribution in [1.82, 2.24) is 0 Å². The minimum absolute atomic E-state index is 0.523. The summed E-state index contributed by atoms with van der Waals surface area (Å²) in [5, 5.41) is 0. The smallest absolute Gasteiger partial charge is 0.373 e. The topological polar surface area (TPSA) is 26.3 Å². The van der Waals surface area contributed by atoms with Crippen LogP contribution in [0.2, 0.25) is 0 Å². The molecule has 2 nitrogen and oxygen atoms in total. The first-order valence-electron chi connectivity index (χ1n) is 3.78. The van der Waals surface area contributed by atoms with Crippen molar-refractivity contribution in [2.75, 3.05) is 0 Å². The van der Waals surface area contributed by atoms with E-state index in [-0.39, 0.29) is 0 Å². The van der Waals surface area contributed by atoms with Gasteiger partial charge in [-0.05, 0) is 12.8 Å². The molecule has 1 rings (SSSR count). The number of carbonyl (C=O) groups excluding carboxylic acids is 1. The summed E-state index contributed by atoms with van der Waals surface area (Å²) in [6.45, 7) is 0. The van der Waals surface area contributed by atoms with Gasteiger partial charge in [-0.1, -0.05) is 12.8 Å². The van der Waals surface area contributed by atoms with E-state index in [2.05, 4.69) is 4.74 Å². The minimum Gasteiger partial charge on any atom is -0.373 e. The standard InChI is InChI=1S/C7H9F3O2/c8-7(9,10)12-6(11)5-3-1-2-4-5/h5H,1-4H2. The zero-order chi connectivity index (χ0) is 9.19. The SMILES string of the molecule is O=C(OC(F)(F)F)C1CCCC1. The van der Waals surface area contributed by atoms with E-state index in [0.717, 1.165) is 12.8 Å². The highest BCUT2D eigenvalue weighted by atomic mass is 19.4. The van der Waals surface area contributed by atoms with Gasteiger partial charge in [-0.2, -0.15) is 0 Å². The molecule has 0 amide bonds. The highest BCUT2D eigenvalue weighted by Gasteiger charge is 2.37. The van der Waals surface area contributed by atoms with Gasteiger partial charge >= 0.3 is 12.3 Å². The van der Waals surface area contributed by atoms with E-state index >= 15 is 0 Å². The molecule has 1 saturated carbocycles. The summed E-state index contributed by atoms with van der Waals surface area (Å²) in [4.78, 5) is 10.7. The van der Waals surface area contributed by atoms with Gasteiger partial charge in [0.1, 0.15) is 0 Å².